The van der Waals surface area contributed by atoms with Gasteiger partial charge in [-0.3, -0.25) is 4.79 Å². The number of fused-ring (bicyclic) bond motifs is 1. The Kier molecular flexibility index (Phi) is 4.75. The molecule has 4 rings (SSSR count). The number of imidazole rings is 1. The van der Waals surface area contributed by atoms with E-state index in [1.165, 1.54) is 11.1 Å². The standard InChI is InChI=1S/C22H21N3O2/c1-27-21-12-16(6-8-20(21)25-11-10-23-15-25)7-9-22(26)24-19-13-17-4-2-3-5-18(17)14-19/h2-12,15,19H,13-14H2,1H3,(H,24,26)/b9-7+. The molecule has 0 radical (unpaired) electrons. The van der Waals surface area contributed by atoms with Crippen LogP contribution in [0.4, 0.5) is 0 Å². The molecule has 0 unspecified atom stereocenters. The number of aromatic nitrogens is 2. The summed E-state index contributed by atoms with van der Waals surface area (Å²) in [4.78, 5) is 16.4. The molecule has 1 N–H and O–H groups in total. The van der Waals surface area contributed by atoms with Gasteiger partial charge in [-0.25, -0.2) is 4.98 Å². The van der Waals surface area contributed by atoms with Gasteiger partial charge < -0.3 is 14.6 Å². The molecule has 1 aliphatic rings. The highest BCUT2D eigenvalue weighted by atomic mass is 16.5. The number of methoxy groups -OCH3 is 1. The number of amides is 1. The molecule has 0 aliphatic heterocycles. The van der Waals surface area contributed by atoms with Crippen molar-refractivity contribution >= 4 is 12.0 Å². The SMILES string of the molecule is COc1cc(/C=C/C(=O)NC2Cc3ccccc3C2)ccc1-n1ccnc1. The maximum absolute atomic E-state index is 12.3. The first-order valence-electron chi connectivity index (χ1n) is 8.94. The fourth-order valence-corrected chi connectivity index (χ4v) is 3.49. The van der Waals surface area contributed by atoms with Crippen LogP contribution in [0.3, 0.4) is 0 Å². The van der Waals surface area contributed by atoms with E-state index in [9.17, 15) is 4.79 Å². The molecule has 0 saturated heterocycles. The van der Waals surface area contributed by atoms with E-state index in [0.717, 1.165) is 29.8 Å². The molecule has 2 aromatic carbocycles. The minimum absolute atomic E-state index is 0.0783. The van der Waals surface area contributed by atoms with Gasteiger partial charge in [-0.05, 0) is 47.7 Å². The Balaban J connectivity index is 1.41. The topological polar surface area (TPSA) is 56.1 Å². The van der Waals surface area contributed by atoms with E-state index >= 15 is 0 Å². The average molecular weight is 359 g/mol. The van der Waals surface area contributed by atoms with Crippen LogP contribution in [0.2, 0.25) is 0 Å². The molecule has 0 spiro atoms. The van der Waals surface area contributed by atoms with Gasteiger partial charge in [0.1, 0.15) is 5.75 Å². The number of hydrogen-bond donors (Lipinski definition) is 1. The summed E-state index contributed by atoms with van der Waals surface area (Å²) in [6, 6.07) is 14.3. The Labute approximate surface area is 158 Å². The Morgan fingerprint density at radius 2 is 2.00 bits per heavy atom. The summed E-state index contributed by atoms with van der Waals surface area (Å²) in [7, 11) is 1.63. The molecule has 0 bridgehead atoms. The fraction of sp³-hybridized carbons (Fsp3) is 0.182. The van der Waals surface area contributed by atoms with Crippen molar-refractivity contribution < 1.29 is 9.53 Å². The summed E-state index contributed by atoms with van der Waals surface area (Å²) >= 11 is 0. The Bertz CT molecular complexity index is 952. The van der Waals surface area contributed by atoms with Crippen LogP contribution >= 0.6 is 0 Å². The number of carbonyl (C=O) groups is 1. The summed E-state index contributed by atoms with van der Waals surface area (Å²) in [5.41, 5.74) is 4.46. The van der Waals surface area contributed by atoms with Crippen molar-refractivity contribution in [1.82, 2.24) is 14.9 Å². The number of benzene rings is 2. The van der Waals surface area contributed by atoms with Crippen molar-refractivity contribution in [1.29, 1.82) is 0 Å². The van der Waals surface area contributed by atoms with E-state index in [1.54, 1.807) is 31.8 Å². The first-order valence-corrected chi connectivity index (χ1v) is 8.94. The van der Waals surface area contributed by atoms with Crippen molar-refractivity contribution in [3.63, 3.8) is 0 Å². The fourth-order valence-electron chi connectivity index (χ4n) is 3.49. The lowest BCUT2D eigenvalue weighted by molar-refractivity contribution is -0.117. The summed E-state index contributed by atoms with van der Waals surface area (Å²) in [6.45, 7) is 0. The predicted molar refractivity (Wildman–Crippen MR) is 105 cm³/mol. The zero-order valence-electron chi connectivity index (χ0n) is 15.1. The number of ether oxygens (including phenoxy) is 1. The van der Waals surface area contributed by atoms with Gasteiger partial charge in [0, 0.05) is 24.5 Å². The molecule has 1 heterocycles. The second-order valence-electron chi connectivity index (χ2n) is 6.62. The van der Waals surface area contributed by atoms with Crippen LogP contribution in [0.15, 0.2) is 67.3 Å². The molecule has 5 nitrogen and oxygen atoms in total. The first kappa shape index (κ1) is 17.1. The predicted octanol–water partition coefficient (Wildman–Crippen LogP) is 3.18. The lowest BCUT2D eigenvalue weighted by Gasteiger charge is -2.11. The zero-order chi connectivity index (χ0) is 18.6. The van der Waals surface area contributed by atoms with Gasteiger partial charge in [-0.15, -0.1) is 0 Å². The van der Waals surface area contributed by atoms with Crippen molar-refractivity contribution in [3.8, 4) is 11.4 Å². The average Bonchev–Trinajstić information content (AvgIpc) is 3.35. The van der Waals surface area contributed by atoms with Crippen LogP contribution in [0.5, 0.6) is 5.75 Å². The van der Waals surface area contributed by atoms with Gasteiger partial charge in [0.25, 0.3) is 0 Å². The summed E-state index contributed by atoms with van der Waals surface area (Å²) < 4.78 is 7.36. The maximum atomic E-state index is 12.3. The van der Waals surface area contributed by atoms with Crippen molar-refractivity contribution in [2.24, 2.45) is 0 Å². The minimum Gasteiger partial charge on any atom is -0.495 e. The molecule has 5 heteroatoms. The second kappa shape index (κ2) is 7.50. The van der Waals surface area contributed by atoms with Crippen LogP contribution in [-0.4, -0.2) is 28.6 Å². The number of nitrogens with zero attached hydrogens (tertiary/aromatic N) is 2. The summed E-state index contributed by atoms with van der Waals surface area (Å²) in [5.74, 6) is 0.646. The van der Waals surface area contributed by atoms with Crippen molar-refractivity contribution in [2.75, 3.05) is 7.11 Å². The number of rotatable bonds is 5. The van der Waals surface area contributed by atoms with E-state index < -0.39 is 0 Å². The van der Waals surface area contributed by atoms with Gasteiger partial charge in [-0.1, -0.05) is 30.3 Å². The third-order valence-corrected chi connectivity index (χ3v) is 4.81. The van der Waals surface area contributed by atoms with Crippen LogP contribution in [0.1, 0.15) is 16.7 Å². The highest BCUT2D eigenvalue weighted by molar-refractivity contribution is 5.92. The molecule has 1 aromatic heterocycles. The molecular weight excluding hydrogens is 338 g/mol. The molecule has 1 aliphatic carbocycles. The van der Waals surface area contributed by atoms with Crippen molar-refractivity contribution in [3.05, 3.63) is 84.0 Å². The van der Waals surface area contributed by atoms with Crippen LogP contribution in [-0.2, 0) is 17.6 Å². The number of carbonyl (C=O) groups excluding carboxylic acids is 1. The van der Waals surface area contributed by atoms with Gasteiger partial charge >= 0.3 is 0 Å². The van der Waals surface area contributed by atoms with Gasteiger partial charge in [0.15, 0.2) is 0 Å². The maximum Gasteiger partial charge on any atom is 0.244 e. The largest absolute Gasteiger partial charge is 0.495 e. The van der Waals surface area contributed by atoms with Gasteiger partial charge in [0.05, 0.1) is 19.1 Å². The number of hydrogen-bond acceptors (Lipinski definition) is 3. The van der Waals surface area contributed by atoms with Crippen LogP contribution < -0.4 is 10.1 Å². The highest BCUT2D eigenvalue weighted by Crippen LogP contribution is 2.25. The molecule has 27 heavy (non-hydrogen) atoms. The molecule has 3 aromatic rings. The Morgan fingerprint density at radius 3 is 2.67 bits per heavy atom. The minimum atomic E-state index is -0.0783. The zero-order valence-corrected chi connectivity index (χ0v) is 15.1. The van der Waals surface area contributed by atoms with Crippen LogP contribution in [0, 0.1) is 0 Å². The molecule has 136 valence electrons. The smallest absolute Gasteiger partial charge is 0.244 e. The highest BCUT2D eigenvalue weighted by Gasteiger charge is 2.21. The molecule has 0 saturated carbocycles. The third kappa shape index (κ3) is 3.77. The van der Waals surface area contributed by atoms with E-state index in [2.05, 4.69) is 22.4 Å². The van der Waals surface area contributed by atoms with E-state index in [1.807, 2.05) is 41.1 Å². The Hall–Kier alpha value is -3.34. The lowest BCUT2D eigenvalue weighted by atomic mass is 10.1. The van der Waals surface area contributed by atoms with Gasteiger partial charge in [0.2, 0.25) is 5.91 Å². The summed E-state index contributed by atoms with van der Waals surface area (Å²) in [6.07, 6.45) is 10.5. The molecule has 0 atom stereocenters. The van der Waals surface area contributed by atoms with Gasteiger partial charge in [-0.2, -0.15) is 0 Å². The normalized spacial score (nSPS) is 13.7. The first-order chi connectivity index (χ1) is 13.2. The van der Waals surface area contributed by atoms with Crippen molar-refractivity contribution in [2.45, 2.75) is 18.9 Å². The quantitative estimate of drug-likeness (QED) is 0.712. The van der Waals surface area contributed by atoms with Crippen LogP contribution in [0.25, 0.3) is 11.8 Å². The second-order valence-corrected chi connectivity index (χ2v) is 6.62. The van der Waals surface area contributed by atoms with E-state index in [4.69, 9.17) is 4.74 Å². The van der Waals surface area contributed by atoms with E-state index in [-0.39, 0.29) is 11.9 Å². The monoisotopic (exact) mass is 359 g/mol. The number of nitrogens with one attached hydrogen (secondary N) is 1. The third-order valence-electron chi connectivity index (χ3n) is 4.81. The Morgan fingerprint density at radius 1 is 1.22 bits per heavy atom. The van der Waals surface area contributed by atoms with E-state index in [0.29, 0.717) is 0 Å². The molecular formula is C22H21N3O2. The summed E-state index contributed by atoms with van der Waals surface area (Å²) in [5, 5.41) is 3.09. The molecule has 1 amide bonds. The lowest BCUT2D eigenvalue weighted by Crippen LogP contribution is -2.34. The molecule has 0 fully saturated rings.